The van der Waals surface area contributed by atoms with Crippen molar-refractivity contribution in [3.8, 4) is 5.75 Å². The van der Waals surface area contributed by atoms with Gasteiger partial charge in [0.1, 0.15) is 11.4 Å². The van der Waals surface area contributed by atoms with Crippen LogP contribution in [0.5, 0.6) is 5.75 Å². The monoisotopic (exact) mass is 270 g/mol. The van der Waals surface area contributed by atoms with Gasteiger partial charge in [-0.05, 0) is 49.2 Å². The molecule has 0 unspecified atom stereocenters. The standard InChI is InChI=1S/C15H14N2O3/c1-9-7-11(18)8-10(2)14(9)17-16-13-6-4-3-5-12(13)15(19)20/h3-8,18H,1-2H3,(H,19,20). The maximum absolute atomic E-state index is 11.1. The van der Waals surface area contributed by atoms with E-state index in [0.717, 1.165) is 11.1 Å². The molecule has 5 heteroatoms. The molecular weight excluding hydrogens is 256 g/mol. The van der Waals surface area contributed by atoms with E-state index >= 15 is 0 Å². The molecule has 0 amide bonds. The topological polar surface area (TPSA) is 82.2 Å². The predicted molar refractivity (Wildman–Crippen MR) is 75.2 cm³/mol. The maximum atomic E-state index is 11.1. The number of aromatic hydroxyl groups is 1. The molecule has 0 aliphatic heterocycles. The minimum Gasteiger partial charge on any atom is -0.508 e. The number of hydrogen-bond acceptors (Lipinski definition) is 4. The van der Waals surface area contributed by atoms with E-state index < -0.39 is 5.97 Å². The number of aryl methyl sites for hydroxylation is 2. The van der Waals surface area contributed by atoms with Gasteiger partial charge in [0.05, 0.1) is 11.3 Å². The molecule has 0 aliphatic carbocycles. The normalized spacial score (nSPS) is 10.9. The van der Waals surface area contributed by atoms with Crippen molar-refractivity contribution in [2.24, 2.45) is 10.2 Å². The third-order valence-corrected chi connectivity index (χ3v) is 2.87. The Morgan fingerprint density at radius 2 is 1.65 bits per heavy atom. The maximum Gasteiger partial charge on any atom is 0.337 e. The van der Waals surface area contributed by atoms with E-state index in [9.17, 15) is 9.90 Å². The Kier molecular flexibility index (Phi) is 3.79. The number of carboxylic acid groups (broad SMARTS) is 1. The fraction of sp³-hybridized carbons (Fsp3) is 0.133. The van der Waals surface area contributed by atoms with E-state index in [0.29, 0.717) is 11.4 Å². The first-order valence-corrected chi connectivity index (χ1v) is 6.03. The zero-order valence-electron chi connectivity index (χ0n) is 11.2. The van der Waals surface area contributed by atoms with Crippen molar-refractivity contribution < 1.29 is 15.0 Å². The van der Waals surface area contributed by atoms with Crippen LogP contribution in [0, 0.1) is 13.8 Å². The van der Waals surface area contributed by atoms with Gasteiger partial charge in [-0.25, -0.2) is 4.79 Å². The van der Waals surface area contributed by atoms with Gasteiger partial charge in [-0.1, -0.05) is 12.1 Å². The number of phenols is 1. The first kappa shape index (κ1) is 13.7. The van der Waals surface area contributed by atoms with Gasteiger partial charge in [0.2, 0.25) is 0 Å². The zero-order chi connectivity index (χ0) is 14.7. The van der Waals surface area contributed by atoms with E-state index in [1.165, 1.54) is 6.07 Å². The number of nitrogens with zero attached hydrogens (tertiary/aromatic N) is 2. The molecule has 0 fully saturated rings. The number of hydrogen-bond donors (Lipinski definition) is 2. The van der Waals surface area contributed by atoms with Crippen LogP contribution in [0.2, 0.25) is 0 Å². The van der Waals surface area contributed by atoms with Crippen molar-refractivity contribution in [3.05, 3.63) is 53.1 Å². The first-order valence-electron chi connectivity index (χ1n) is 6.03. The molecule has 0 aromatic heterocycles. The summed E-state index contributed by atoms with van der Waals surface area (Å²) in [7, 11) is 0. The summed E-state index contributed by atoms with van der Waals surface area (Å²) in [4.78, 5) is 11.1. The lowest BCUT2D eigenvalue weighted by Crippen LogP contribution is -1.95. The second kappa shape index (κ2) is 5.52. The second-order valence-electron chi connectivity index (χ2n) is 4.45. The van der Waals surface area contributed by atoms with Crippen LogP contribution in [0.3, 0.4) is 0 Å². The van der Waals surface area contributed by atoms with Gasteiger partial charge < -0.3 is 10.2 Å². The summed E-state index contributed by atoms with van der Waals surface area (Å²) in [5.41, 5.74) is 2.58. The van der Waals surface area contributed by atoms with Crippen molar-refractivity contribution in [2.45, 2.75) is 13.8 Å². The summed E-state index contributed by atoms with van der Waals surface area (Å²) >= 11 is 0. The minimum atomic E-state index is -1.04. The molecule has 20 heavy (non-hydrogen) atoms. The van der Waals surface area contributed by atoms with E-state index in [1.54, 1.807) is 30.3 Å². The molecule has 0 heterocycles. The fourth-order valence-corrected chi connectivity index (χ4v) is 1.94. The number of carboxylic acids is 1. The van der Waals surface area contributed by atoms with Crippen LogP contribution in [0.4, 0.5) is 11.4 Å². The van der Waals surface area contributed by atoms with Crippen LogP contribution >= 0.6 is 0 Å². The van der Waals surface area contributed by atoms with E-state index in [2.05, 4.69) is 10.2 Å². The highest BCUT2D eigenvalue weighted by Crippen LogP contribution is 2.30. The summed E-state index contributed by atoms with van der Waals surface area (Å²) in [6.07, 6.45) is 0. The van der Waals surface area contributed by atoms with E-state index in [4.69, 9.17) is 5.11 Å². The lowest BCUT2D eigenvalue weighted by atomic mass is 10.1. The van der Waals surface area contributed by atoms with Gasteiger partial charge in [0.15, 0.2) is 0 Å². The zero-order valence-corrected chi connectivity index (χ0v) is 11.2. The average molecular weight is 270 g/mol. The van der Waals surface area contributed by atoms with Crippen LogP contribution in [0.1, 0.15) is 21.5 Å². The Balaban J connectivity index is 2.43. The third-order valence-electron chi connectivity index (χ3n) is 2.87. The van der Waals surface area contributed by atoms with Gasteiger partial charge >= 0.3 is 5.97 Å². The number of benzene rings is 2. The van der Waals surface area contributed by atoms with E-state index in [-0.39, 0.29) is 11.3 Å². The summed E-state index contributed by atoms with van der Waals surface area (Å²) in [5, 5.41) is 26.7. The SMILES string of the molecule is Cc1cc(O)cc(C)c1N=Nc1ccccc1C(=O)O. The number of rotatable bonds is 3. The van der Waals surface area contributed by atoms with Gasteiger partial charge in [-0.15, -0.1) is 10.2 Å². The van der Waals surface area contributed by atoms with Crippen LogP contribution in [-0.4, -0.2) is 16.2 Å². The Hall–Kier alpha value is -2.69. The lowest BCUT2D eigenvalue weighted by Gasteiger charge is -2.05. The molecule has 2 aromatic rings. The molecule has 0 atom stereocenters. The van der Waals surface area contributed by atoms with Crippen LogP contribution < -0.4 is 0 Å². The molecule has 5 nitrogen and oxygen atoms in total. The Morgan fingerprint density at radius 1 is 1.05 bits per heavy atom. The Morgan fingerprint density at radius 3 is 2.25 bits per heavy atom. The smallest absolute Gasteiger partial charge is 0.337 e. The number of carbonyl (C=O) groups is 1. The molecule has 0 spiro atoms. The Labute approximate surface area is 116 Å². The van der Waals surface area contributed by atoms with Crippen molar-refractivity contribution in [3.63, 3.8) is 0 Å². The first-order chi connectivity index (χ1) is 9.49. The van der Waals surface area contributed by atoms with Gasteiger partial charge in [-0.2, -0.15) is 0 Å². The lowest BCUT2D eigenvalue weighted by molar-refractivity contribution is 0.0697. The highest BCUT2D eigenvalue weighted by Gasteiger charge is 2.09. The number of aromatic carboxylic acids is 1. The largest absolute Gasteiger partial charge is 0.508 e. The molecule has 0 saturated heterocycles. The molecule has 0 radical (unpaired) electrons. The van der Waals surface area contributed by atoms with Crippen molar-refractivity contribution in [1.29, 1.82) is 0 Å². The number of phenolic OH excluding ortho intramolecular Hbond substituents is 1. The summed E-state index contributed by atoms with van der Waals surface area (Å²) in [6.45, 7) is 3.62. The van der Waals surface area contributed by atoms with Crippen LogP contribution in [-0.2, 0) is 0 Å². The molecule has 102 valence electrons. The number of azo groups is 1. The molecule has 0 saturated carbocycles. The molecule has 2 rings (SSSR count). The molecule has 0 aliphatic rings. The van der Waals surface area contributed by atoms with Gasteiger partial charge in [-0.3, -0.25) is 0 Å². The van der Waals surface area contributed by atoms with Gasteiger partial charge in [0.25, 0.3) is 0 Å². The summed E-state index contributed by atoms with van der Waals surface area (Å²) < 4.78 is 0. The van der Waals surface area contributed by atoms with Gasteiger partial charge in [0, 0.05) is 0 Å². The Bertz CT molecular complexity index is 670. The molecule has 0 bridgehead atoms. The minimum absolute atomic E-state index is 0.102. The third kappa shape index (κ3) is 2.83. The van der Waals surface area contributed by atoms with Crippen LogP contribution in [0.25, 0.3) is 0 Å². The average Bonchev–Trinajstić information content (AvgIpc) is 2.37. The quantitative estimate of drug-likeness (QED) is 0.823. The van der Waals surface area contributed by atoms with Crippen LogP contribution in [0.15, 0.2) is 46.6 Å². The fourth-order valence-electron chi connectivity index (χ4n) is 1.94. The van der Waals surface area contributed by atoms with E-state index in [1.807, 2.05) is 13.8 Å². The molecular formula is C15H14N2O3. The highest BCUT2D eigenvalue weighted by molar-refractivity contribution is 5.93. The molecule has 2 aromatic carbocycles. The van der Waals surface area contributed by atoms with Crippen molar-refractivity contribution in [2.75, 3.05) is 0 Å². The highest BCUT2D eigenvalue weighted by atomic mass is 16.4. The molecule has 2 N–H and O–H groups in total. The second-order valence-corrected chi connectivity index (χ2v) is 4.45. The summed E-state index contributed by atoms with van der Waals surface area (Å²) in [6, 6.07) is 9.59. The van der Waals surface area contributed by atoms with Crippen molar-refractivity contribution in [1.82, 2.24) is 0 Å². The summed E-state index contributed by atoms with van der Waals surface area (Å²) in [5.74, 6) is -0.872. The van der Waals surface area contributed by atoms with Crippen molar-refractivity contribution >= 4 is 17.3 Å². The predicted octanol–water partition coefficient (Wildman–Crippen LogP) is 4.12.